The number of anilines is 3. The van der Waals surface area contributed by atoms with E-state index >= 15 is 0 Å². The predicted molar refractivity (Wildman–Crippen MR) is 146 cm³/mol. The predicted octanol–water partition coefficient (Wildman–Crippen LogP) is 5.38. The number of hydrogen-bond donors (Lipinski definition) is 2. The number of amides is 1. The maximum Gasteiger partial charge on any atom is 0.413 e. The first kappa shape index (κ1) is 29.4. The fraction of sp³-hybridized carbons (Fsp3) is 0.370. The summed E-state index contributed by atoms with van der Waals surface area (Å²) >= 11 is 5.86. The first-order valence-electron chi connectivity index (χ1n) is 12.8. The fourth-order valence-corrected chi connectivity index (χ4v) is 4.55. The Morgan fingerprint density at radius 2 is 1.75 bits per heavy atom. The van der Waals surface area contributed by atoms with E-state index < -0.39 is 35.1 Å². The summed E-state index contributed by atoms with van der Waals surface area (Å²) in [6.07, 6.45) is 0.943. The van der Waals surface area contributed by atoms with Crippen LogP contribution in [0.1, 0.15) is 18.9 Å². The van der Waals surface area contributed by atoms with Crippen LogP contribution in [0, 0.1) is 17.5 Å². The summed E-state index contributed by atoms with van der Waals surface area (Å²) in [5.74, 6) is -2.38. The van der Waals surface area contributed by atoms with E-state index in [0.717, 1.165) is 51.3 Å². The Kier molecular flexibility index (Phi) is 10.0. The van der Waals surface area contributed by atoms with Crippen molar-refractivity contribution in [3.8, 4) is 5.75 Å². The molecule has 13 heteroatoms. The van der Waals surface area contributed by atoms with Crippen LogP contribution >= 0.6 is 11.6 Å². The third-order valence-corrected chi connectivity index (χ3v) is 6.87. The number of hydrogen-bond acceptors (Lipinski definition) is 7. The molecule has 1 saturated heterocycles. The quantitative estimate of drug-likeness (QED) is 0.293. The van der Waals surface area contributed by atoms with E-state index in [-0.39, 0.29) is 23.1 Å². The lowest BCUT2D eigenvalue weighted by atomic mass is 10.2. The molecule has 3 aromatic rings. The molecule has 9 nitrogen and oxygen atoms in total. The molecule has 1 aliphatic heterocycles. The zero-order chi connectivity index (χ0) is 28.6. The second kappa shape index (κ2) is 13.6. The molecule has 0 atom stereocenters. The zero-order valence-electron chi connectivity index (χ0n) is 21.9. The molecule has 2 heterocycles. The van der Waals surface area contributed by atoms with Crippen LogP contribution in [0.3, 0.4) is 0 Å². The van der Waals surface area contributed by atoms with Gasteiger partial charge in [-0.15, -0.1) is 0 Å². The fourth-order valence-electron chi connectivity index (χ4n) is 4.34. The minimum absolute atomic E-state index is 0.0372. The third kappa shape index (κ3) is 7.52. The minimum Gasteiger partial charge on any atom is -0.489 e. The molecule has 2 aromatic carbocycles. The van der Waals surface area contributed by atoms with Crippen LogP contribution in [-0.2, 0) is 6.54 Å². The Morgan fingerprint density at radius 3 is 2.42 bits per heavy atom. The van der Waals surface area contributed by atoms with Crippen molar-refractivity contribution in [2.45, 2.75) is 19.9 Å². The van der Waals surface area contributed by atoms with Crippen LogP contribution in [0.25, 0.3) is 0 Å². The molecule has 0 radical (unpaired) electrons. The van der Waals surface area contributed by atoms with Crippen LogP contribution in [0.5, 0.6) is 5.75 Å². The summed E-state index contributed by atoms with van der Waals surface area (Å²) in [5, 5.41) is 12.0. The monoisotopic (exact) mass is 578 g/mol. The molecular weight excluding hydrogens is 549 g/mol. The van der Waals surface area contributed by atoms with E-state index in [1.165, 1.54) is 24.4 Å². The number of piperazine rings is 1. The summed E-state index contributed by atoms with van der Waals surface area (Å²) < 4.78 is 48.5. The summed E-state index contributed by atoms with van der Waals surface area (Å²) in [6, 6.07) is 7.27. The number of nitrogens with one attached hydrogen (secondary N) is 1. The Morgan fingerprint density at radius 1 is 1.05 bits per heavy atom. The third-order valence-electron chi connectivity index (χ3n) is 6.46. The van der Waals surface area contributed by atoms with Gasteiger partial charge in [0.25, 0.3) is 0 Å². The number of halogens is 4. The van der Waals surface area contributed by atoms with Gasteiger partial charge in [-0.3, -0.25) is 9.80 Å². The molecule has 1 aliphatic rings. The molecule has 214 valence electrons. The van der Waals surface area contributed by atoms with Gasteiger partial charge in [0.2, 0.25) is 5.95 Å². The first-order chi connectivity index (χ1) is 19.2. The van der Waals surface area contributed by atoms with E-state index in [9.17, 15) is 23.1 Å². The van der Waals surface area contributed by atoms with Crippen molar-refractivity contribution < 1.29 is 27.8 Å². The van der Waals surface area contributed by atoms with Crippen molar-refractivity contribution in [2.75, 3.05) is 56.1 Å². The number of nitrogens with zero attached hydrogens (tertiary/aromatic N) is 5. The summed E-state index contributed by atoms with van der Waals surface area (Å²) in [7, 11) is 0. The Labute approximate surface area is 235 Å². The van der Waals surface area contributed by atoms with E-state index in [1.807, 2.05) is 0 Å². The summed E-state index contributed by atoms with van der Waals surface area (Å²) in [6.45, 7) is 7.68. The average Bonchev–Trinajstić information content (AvgIpc) is 2.93. The zero-order valence-corrected chi connectivity index (χ0v) is 22.7. The maximum absolute atomic E-state index is 14.7. The molecule has 0 bridgehead atoms. The van der Waals surface area contributed by atoms with Crippen molar-refractivity contribution >= 4 is 35.1 Å². The van der Waals surface area contributed by atoms with Crippen LogP contribution in [0.15, 0.2) is 42.6 Å². The van der Waals surface area contributed by atoms with Crippen LogP contribution in [0.4, 0.5) is 35.4 Å². The van der Waals surface area contributed by atoms with Gasteiger partial charge in [-0.2, -0.15) is 4.98 Å². The number of benzene rings is 2. The van der Waals surface area contributed by atoms with Gasteiger partial charge >= 0.3 is 6.09 Å². The number of carboxylic acid groups (broad SMARTS) is 1. The van der Waals surface area contributed by atoms with Crippen molar-refractivity contribution in [1.82, 2.24) is 19.8 Å². The molecule has 0 saturated carbocycles. The van der Waals surface area contributed by atoms with Gasteiger partial charge < -0.3 is 20.1 Å². The van der Waals surface area contributed by atoms with Crippen LogP contribution in [-0.4, -0.2) is 76.8 Å². The number of carbonyl (C=O) groups is 1. The molecule has 1 aromatic heterocycles. The first-order valence-corrected chi connectivity index (χ1v) is 13.2. The van der Waals surface area contributed by atoms with Gasteiger partial charge in [0.1, 0.15) is 24.1 Å². The maximum atomic E-state index is 14.7. The van der Waals surface area contributed by atoms with Crippen molar-refractivity contribution in [2.24, 2.45) is 0 Å². The van der Waals surface area contributed by atoms with Crippen molar-refractivity contribution in [3.63, 3.8) is 0 Å². The summed E-state index contributed by atoms with van der Waals surface area (Å²) in [4.78, 5) is 25.5. The Balaban J connectivity index is 1.37. The number of ether oxygens (including phenoxy) is 1. The second-order valence-electron chi connectivity index (χ2n) is 9.23. The topological polar surface area (TPSA) is 94.1 Å². The summed E-state index contributed by atoms with van der Waals surface area (Å²) in [5.41, 5.74) is -0.0382. The van der Waals surface area contributed by atoms with Gasteiger partial charge in [0, 0.05) is 56.2 Å². The van der Waals surface area contributed by atoms with Crippen LogP contribution in [0.2, 0.25) is 5.02 Å². The second-order valence-corrected chi connectivity index (χ2v) is 9.61. The van der Waals surface area contributed by atoms with Gasteiger partial charge in [0.15, 0.2) is 11.6 Å². The molecule has 2 N–H and O–H groups in total. The number of rotatable bonds is 11. The Bertz CT molecular complexity index is 1330. The molecule has 40 heavy (non-hydrogen) atoms. The Hall–Kier alpha value is -3.61. The highest BCUT2D eigenvalue weighted by Crippen LogP contribution is 2.27. The largest absolute Gasteiger partial charge is 0.489 e. The van der Waals surface area contributed by atoms with E-state index in [2.05, 4.69) is 32.0 Å². The lowest BCUT2D eigenvalue weighted by Gasteiger charge is -2.34. The average molecular weight is 579 g/mol. The van der Waals surface area contributed by atoms with Crippen molar-refractivity contribution in [1.29, 1.82) is 0 Å². The van der Waals surface area contributed by atoms with Gasteiger partial charge in [0.05, 0.1) is 11.6 Å². The van der Waals surface area contributed by atoms with Crippen molar-refractivity contribution in [3.05, 3.63) is 70.6 Å². The highest BCUT2D eigenvalue weighted by atomic mass is 35.5. The molecular formula is C27H30ClF3N6O3. The molecule has 0 aliphatic carbocycles. The standard InChI is InChI=1S/C27H30ClF3N6O3/c1-2-9-35-10-12-36(13-11-35)14-15-40-23-6-3-18(16-22(23)31)33-26-32-8-7-24(34-26)37(27(38)39)17-19-20(29)4-5-21(30)25(19)28/h3-8,16H,2,9-15,17H2,1H3,(H,38,39)(H,32,33,34). The number of aromatic nitrogens is 2. The van der Waals surface area contributed by atoms with E-state index in [4.69, 9.17) is 16.3 Å². The molecule has 1 fully saturated rings. The highest BCUT2D eigenvalue weighted by molar-refractivity contribution is 6.31. The highest BCUT2D eigenvalue weighted by Gasteiger charge is 2.22. The van der Waals surface area contributed by atoms with E-state index in [1.54, 1.807) is 6.07 Å². The van der Waals surface area contributed by atoms with Gasteiger partial charge in [-0.25, -0.2) is 22.9 Å². The molecule has 0 unspecified atom stereocenters. The lowest BCUT2D eigenvalue weighted by Crippen LogP contribution is -2.47. The molecule has 1 amide bonds. The minimum atomic E-state index is -1.47. The SMILES string of the molecule is CCCN1CCN(CCOc2ccc(Nc3nccc(N(Cc4c(F)ccc(F)c4Cl)C(=O)O)n3)cc2F)CC1. The smallest absolute Gasteiger partial charge is 0.413 e. The van der Waals surface area contributed by atoms with Gasteiger partial charge in [-0.05, 0) is 43.3 Å². The van der Waals surface area contributed by atoms with E-state index in [0.29, 0.717) is 23.7 Å². The lowest BCUT2D eigenvalue weighted by molar-refractivity contribution is 0.116. The molecule has 4 rings (SSSR count). The molecule has 0 spiro atoms. The van der Waals surface area contributed by atoms with Crippen LogP contribution < -0.4 is 15.0 Å². The normalized spacial score (nSPS) is 14.2. The van der Waals surface area contributed by atoms with Gasteiger partial charge in [-0.1, -0.05) is 18.5 Å².